The average molecular weight is 378 g/mol. The molecule has 8 heteroatoms. The minimum Gasteiger partial charge on any atom is -0.450 e. The average Bonchev–Trinajstić information content (AvgIpc) is 2.54. The fourth-order valence-electron chi connectivity index (χ4n) is 2.72. The van der Waals surface area contributed by atoms with E-state index in [1.807, 2.05) is 19.9 Å². The number of rotatable bonds is 7. The number of benzene rings is 2. The summed E-state index contributed by atoms with van der Waals surface area (Å²) in [7, 11) is -3.79. The van der Waals surface area contributed by atoms with Crippen LogP contribution in [0.4, 0.5) is 5.69 Å². The van der Waals surface area contributed by atoms with Crippen molar-refractivity contribution in [3.63, 3.8) is 0 Å². The fourth-order valence-corrected chi connectivity index (χ4v) is 4.20. The maximum atomic E-state index is 12.6. The Hall–Kier alpha value is -2.45. The summed E-state index contributed by atoms with van der Waals surface area (Å²) in [5.41, 5.74) is 1.53. The molecule has 0 radical (unpaired) electrons. The normalized spacial score (nSPS) is 11.6. The lowest BCUT2D eigenvalue weighted by Gasteiger charge is -2.18. The number of aryl methyl sites for hydroxylation is 2. The van der Waals surface area contributed by atoms with E-state index in [9.17, 15) is 18.5 Å². The number of nitro benzene ring substituents is 1. The number of ether oxygens (including phenoxy) is 1. The molecule has 0 saturated carbocycles. The molecule has 0 unspecified atom stereocenters. The highest BCUT2D eigenvalue weighted by molar-refractivity contribution is 7.89. The summed E-state index contributed by atoms with van der Waals surface area (Å²) in [4.78, 5) is 10.7. The maximum Gasteiger partial charge on any atom is 0.312 e. The van der Waals surface area contributed by atoms with Gasteiger partial charge in [-0.15, -0.1) is 0 Å². The first kappa shape index (κ1) is 19.9. The predicted octanol–water partition coefficient (Wildman–Crippen LogP) is 4.03. The second-order valence-electron chi connectivity index (χ2n) is 5.90. The molecule has 140 valence electrons. The van der Waals surface area contributed by atoms with Crippen molar-refractivity contribution in [1.82, 2.24) is 4.31 Å². The van der Waals surface area contributed by atoms with E-state index in [-0.39, 0.29) is 23.7 Å². The first-order chi connectivity index (χ1) is 12.2. The number of hydrogen-bond donors (Lipinski definition) is 0. The first-order valence-corrected chi connectivity index (χ1v) is 9.67. The van der Waals surface area contributed by atoms with Gasteiger partial charge in [-0.2, -0.15) is 4.31 Å². The van der Waals surface area contributed by atoms with Crippen LogP contribution in [0.15, 0.2) is 41.3 Å². The van der Waals surface area contributed by atoms with E-state index in [1.54, 1.807) is 26.0 Å². The van der Waals surface area contributed by atoms with Crippen LogP contribution in [0.5, 0.6) is 11.5 Å². The summed E-state index contributed by atoms with van der Waals surface area (Å²) >= 11 is 0. The van der Waals surface area contributed by atoms with Gasteiger partial charge < -0.3 is 4.74 Å². The van der Waals surface area contributed by atoms with Gasteiger partial charge in [0.25, 0.3) is 0 Å². The lowest BCUT2D eigenvalue weighted by molar-refractivity contribution is -0.385. The van der Waals surface area contributed by atoms with Crippen molar-refractivity contribution in [3.8, 4) is 11.5 Å². The summed E-state index contributed by atoms with van der Waals surface area (Å²) in [6, 6.07) is 9.19. The number of nitro groups is 1. The zero-order valence-electron chi connectivity index (χ0n) is 15.2. The highest BCUT2D eigenvalue weighted by Gasteiger charge is 2.26. The van der Waals surface area contributed by atoms with E-state index in [4.69, 9.17) is 4.74 Å². The Bertz CT molecular complexity index is 901. The van der Waals surface area contributed by atoms with Crippen molar-refractivity contribution in [2.24, 2.45) is 0 Å². The standard InChI is InChI=1S/C18H22N2O5S/c1-5-19(6-2)26(23,24)16-7-8-18(17(12-16)20(21)22)25-15-10-13(3)9-14(4)11-15/h7-12H,5-6H2,1-4H3. The molecule has 0 bridgehead atoms. The summed E-state index contributed by atoms with van der Waals surface area (Å²) in [5, 5.41) is 11.5. The van der Waals surface area contributed by atoms with Gasteiger partial charge in [-0.05, 0) is 49.2 Å². The monoisotopic (exact) mass is 378 g/mol. The third-order valence-corrected chi connectivity index (χ3v) is 5.94. The number of sulfonamides is 1. The highest BCUT2D eigenvalue weighted by atomic mass is 32.2. The topological polar surface area (TPSA) is 89.8 Å². The van der Waals surface area contributed by atoms with Crippen LogP contribution in [-0.4, -0.2) is 30.7 Å². The molecule has 2 aromatic carbocycles. The Balaban J connectivity index is 2.48. The van der Waals surface area contributed by atoms with Crippen LogP contribution in [0.2, 0.25) is 0 Å². The van der Waals surface area contributed by atoms with E-state index >= 15 is 0 Å². The zero-order chi connectivity index (χ0) is 19.5. The van der Waals surface area contributed by atoms with Crippen LogP contribution in [0.3, 0.4) is 0 Å². The van der Waals surface area contributed by atoms with Gasteiger partial charge in [0, 0.05) is 19.2 Å². The van der Waals surface area contributed by atoms with Crippen LogP contribution in [0.1, 0.15) is 25.0 Å². The molecule has 0 atom stereocenters. The van der Waals surface area contributed by atoms with Gasteiger partial charge in [-0.3, -0.25) is 10.1 Å². The molecule has 26 heavy (non-hydrogen) atoms. The summed E-state index contributed by atoms with van der Waals surface area (Å²) in [5.74, 6) is 0.462. The smallest absolute Gasteiger partial charge is 0.312 e. The van der Waals surface area contributed by atoms with E-state index < -0.39 is 20.6 Å². The van der Waals surface area contributed by atoms with Crippen LogP contribution >= 0.6 is 0 Å². The number of hydrogen-bond acceptors (Lipinski definition) is 5. The van der Waals surface area contributed by atoms with Crippen molar-refractivity contribution in [2.75, 3.05) is 13.1 Å². The van der Waals surface area contributed by atoms with E-state index in [0.717, 1.165) is 17.2 Å². The third kappa shape index (κ3) is 4.20. The summed E-state index contributed by atoms with van der Waals surface area (Å²) in [6.45, 7) is 7.79. The molecule has 0 heterocycles. The Morgan fingerprint density at radius 3 is 2.12 bits per heavy atom. The van der Waals surface area contributed by atoms with Gasteiger partial charge in [-0.25, -0.2) is 8.42 Å². The highest BCUT2D eigenvalue weighted by Crippen LogP contribution is 2.34. The molecule has 0 fully saturated rings. The van der Waals surface area contributed by atoms with Gasteiger partial charge in [0.15, 0.2) is 0 Å². The SMILES string of the molecule is CCN(CC)S(=O)(=O)c1ccc(Oc2cc(C)cc(C)c2)c([N+](=O)[O-])c1. The van der Waals surface area contributed by atoms with Gasteiger partial charge in [0.1, 0.15) is 5.75 Å². The molecule has 2 aromatic rings. The largest absolute Gasteiger partial charge is 0.450 e. The quantitative estimate of drug-likeness (QED) is 0.536. The molecule has 0 amide bonds. The zero-order valence-corrected chi connectivity index (χ0v) is 16.0. The minimum atomic E-state index is -3.79. The van der Waals surface area contributed by atoms with Gasteiger partial charge in [-0.1, -0.05) is 19.9 Å². The molecule has 0 aliphatic carbocycles. The lowest BCUT2D eigenvalue weighted by atomic mass is 10.1. The van der Waals surface area contributed by atoms with Crippen molar-refractivity contribution >= 4 is 15.7 Å². The molecule has 0 saturated heterocycles. The summed E-state index contributed by atoms with van der Waals surface area (Å²) in [6.07, 6.45) is 0. The fraction of sp³-hybridized carbons (Fsp3) is 0.333. The first-order valence-electron chi connectivity index (χ1n) is 8.23. The third-order valence-electron chi connectivity index (χ3n) is 3.89. The molecule has 2 rings (SSSR count). The van der Waals surface area contributed by atoms with Crippen molar-refractivity contribution < 1.29 is 18.1 Å². The maximum absolute atomic E-state index is 12.6. The Morgan fingerprint density at radius 2 is 1.62 bits per heavy atom. The van der Waals surface area contributed by atoms with Crippen LogP contribution in [0.25, 0.3) is 0 Å². The molecule has 0 N–H and O–H groups in total. The molecular weight excluding hydrogens is 356 g/mol. The minimum absolute atomic E-state index is 0.00139. The van der Waals surface area contributed by atoms with Crippen molar-refractivity contribution in [3.05, 3.63) is 57.6 Å². The Labute approximate surface area is 153 Å². The Kier molecular flexibility index (Phi) is 5.99. The molecular formula is C18H22N2O5S. The molecule has 0 aliphatic heterocycles. The predicted molar refractivity (Wildman–Crippen MR) is 99.2 cm³/mol. The second-order valence-corrected chi connectivity index (χ2v) is 7.84. The Morgan fingerprint density at radius 1 is 1.04 bits per heavy atom. The lowest BCUT2D eigenvalue weighted by Crippen LogP contribution is -2.30. The number of nitrogens with zero attached hydrogens (tertiary/aromatic N) is 2. The molecule has 0 aromatic heterocycles. The van der Waals surface area contributed by atoms with Crippen molar-refractivity contribution in [2.45, 2.75) is 32.6 Å². The van der Waals surface area contributed by atoms with E-state index in [2.05, 4.69) is 0 Å². The van der Waals surface area contributed by atoms with Gasteiger partial charge >= 0.3 is 5.69 Å². The van der Waals surface area contributed by atoms with E-state index in [0.29, 0.717) is 5.75 Å². The molecule has 7 nitrogen and oxygen atoms in total. The van der Waals surface area contributed by atoms with Crippen LogP contribution < -0.4 is 4.74 Å². The molecule has 0 aliphatic rings. The second kappa shape index (κ2) is 7.84. The van der Waals surface area contributed by atoms with E-state index in [1.165, 1.54) is 16.4 Å². The van der Waals surface area contributed by atoms with Gasteiger partial charge in [0.2, 0.25) is 15.8 Å². The molecule has 0 spiro atoms. The van der Waals surface area contributed by atoms with Gasteiger partial charge in [0.05, 0.1) is 9.82 Å². The summed E-state index contributed by atoms with van der Waals surface area (Å²) < 4.78 is 32.1. The van der Waals surface area contributed by atoms with Crippen molar-refractivity contribution in [1.29, 1.82) is 0 Å². The van der Waals surface area contributed by atoms with Crippen LogP contribution in [-0.2, 0) is 10.0 Å². The van der Waals surface area contributed by atoms with Crippen LogP contribution in [0, 0.1) is 24.0 Å².